The van der Waals surface area contributed by atoms with Crippen LogP contribution in [0.15, 0.2) is 30.4 Å². The van der Waals surface area contributed by atoms with E-state index >= 15 is 0 Å². The molecule has 0 saturated heterocycles. The van der Waals surface area contributed by atoms with Crippen LogP contribution in [0.4, 0.5) is 10.1 Å². The molecule has 0 aromatic heterocycles. The molecule has 0 saturated carbocycles. The molecule has 104 valence electrons. The number of nitrogens with one attached hydrogen (secondary N) is 1. The number of amides is 2. The van der Waals surface area contributed by atoms with Crippen molar-refractivity contribution in [2.24, 2.45) is 0 Å². The number of anilines is 1. The van der Waals surface area contributed by atoms with E-state index in [9.17, 15) is 14.0 Å². The molecule has 0 aliphatic carbocycles. The highest BCUT2D eigenvalue weighted by molar-refractivity contribution is 6.01. The Labute approximate surface area is 116 Å². The van der Waals surface area contributed by atoms with Gasteiger partial charge in [-0.2, -0.15) is 0 Å². The molecule has 0 bridgehead atoms. The summed E-state index contributed by atoms with van der Waals surface area (Å²) in [6, 6.07) is 4.14. The molecule has 1 aromatic rings. The van der Waals surface area contributed by atoms with Crippen molar-refractivity contribution in [1.82, 2.24) is 4.90 Å². The van der Waals surface area contributed by atoms with E-state index in [0.29, 0.717) is 24.3 Å². The molecule has 4 nitrogen and oxygen atoms in total. The van der Waals surface area contributed by atoms with Gasteiger partial charge in [0.1, 0.15) is 5.82 Å². The van der Waals surface area contributed by atoms with E-state index in [4.69, 9.17) is 0 Å². The fourth-order valence-electron chi connectivity index (χ4n) is 2.71. The maximum absolute atomic E-state index is 13.4. The van der Waals surface area contributed by atoms with Crippen LogP contribution in [-0.4, -0.2) is 29.8 Å². The molecule has 2 amide bonds. The van der Waals surface area contributed by atoms with Gasteiger partial charge in [0.05, 0.1) is 5.92 Å². The van der Waals surface area contributed by atoms with Crippen molar-refractivity contribution in [3.8, 4) is 0 Å². The standard InChI is InChI=1S/C15H15FN2O2/c16-10-4-5-13-11(8-10)12(9-14(19)17-13)15(20)18-6-2-1-3-7-18/h1-2,4-5,8,12H,3,6-7,9H2,(H,17,19)/t12-/m0/s1. The van der Waals surface area contributed by atoms with Crippen molar-refractivity contribution in [1.29, 1.82) is 0 Å². The largest absolute Gasteiger partial charge is 0.338 e. The number of halogens is 1. The van der Waals surface area contributed by atoms with Crippen LogP contribution in [0.3, 0.4) is 0 Å². The van der Waals surface area contributed by atoms with Gasteiger partial charge in [-0.3, -0.25) is 9.59 Å². The third-order valence-corrected chi connectivity index (χ3v) is 3.72. The van der Waals surface area contributed by atoms with Gasteiger partial charge in [0.15, 0.2) is 0 Å². The van der Waals surface area contributed by atoms with Gasteiger partial charge in [-0.25, -0.2) is 4.39 Å². The summed E-state index contributed by atoms with van der Waals surface area (Å²) in [4.78, 5) is 26.0. The number of carbonyl (C=O) groups excluding carboxylic acids is 2. The van der Waals surface area contributed by atoms with Crippen molar-refractivity contribution >= 4 is 17.5 Å². The summed E-state index contributed by atoms with van der Waals surface area (Å²) in [6.45, 7) is 1.21. The number of hydrogen-bond acceptors (Lipinski definition) is 2. The Morgan fingerprint density at radius 1 is 1.35 bits per heavy atom. The van der Waals surface area contributed by atoms with Gasteiger partial charge in [0, 0.05) is 25.2 Å². The van der Waals surface area contributed by atoms with E-state index in [1.807, 2.05) is 12.2 Å². The van der Waals surface area contributed by atoms with Gasteiger partial charge in [0.25, 0.3) is 0 Å². The van der Waals surface area contributed by atoms with E-state index in [1.165, 1.54) is 18.2 Å². The monoisotopic (exact) mass is 274 g/mol. The van der Waals surface area contributed by atoms with Gasteiger partial charge in [-0.1, -0.05) is 12.2 Å². The van der Waals surface area contributed by atoms with Crippen molar-refractivity contribution in [3.05, 3.63) is 41.7 Å². The lowest BCUT2D eigenvalue weighted by atomic mass is 9.89. The van der Waals surface area contributed by atoms with Crippen molar-refractivity contribution < 1.29 is 14.0 Å². The summed E-state index contributed by atoms with van der Waals surface area (Å²) < 4.78 is 13.4. The zero-order valence-corrected chi connectivity index (χ0v) is 10.9. The number of rotatable bonds is 1. The molecule has 0 unspecified atom stereocenters. The molecule has 20 heavy (non-hydrogen) atoms. The van der Waals surface area contributed by atoms with Crippen molar-refractivity contribution in [2.45, 2.75) is 18.8 Å². The second-order valence-electron chi connectivity index (χ2n) is 5.08. The number of hydrogen-bond donors (Lipinski definition) is 1. The summed E-state index contributed by atoms with van der Waals surface area (Å²) in [5, 5.41) is 2.68. The minimum absolute atomic E-state index is 0.0789. The molecular weight excluding hydrogens is 259 g/mol. The highest BCUT2D eigenvalue weighted by Gasteiger charge is 2.33. The van der Waals surface area contributed by atoms with Crippen LogP contribution < -0.4 is 5.32 Å². The predicted octanol–water partition coefficient (Wildman–Crippen LogP) is 2.04. The molecule has 2 aliphatic heterocycles. The number of fused-ring (bicyclic) bond motifs is 1. The summed E-state index contributed by atoms with van der Waals surface area (Å²) in [7, 11) is 0. The lowest BCUT2D eigenvalue weighted by Crippen LogP contribution is -2.40. The quantitative estimate of drug-likeness (QED) is 0.797. The Morgan fingerprint density at radius 2 is 2.20 bits per heavy atom. The lowest BCUT2D eigenvalue weighted by molar-refractivity contribution is -0.134. The van der Waals surface area contributed by atoms with Crippen molar-refractivity contribution in [3.63, 3.8) is 0 Å². The van der Waals surface area contributed by atoms with Crippen LogP contribution in [0.5, 0.6) is 0 Å². The summed E-state index contributed by atoms with van der Waals surface area (Å²) in [5.74, 6) is -1.27. The molecule has 1 atom stereocenters. The second-order valence-corrected chi connectivity index (χ2v) is 5.08. The zero-order valence-electron chi connectivity index (χ0n) is 10.9. The van der Waals surface area contributed by atoms with E-state index in [-0.39, 0.29) is 18.2 Å². The first kappa shape index (κ1) is 12.8. The number of benzene rings is 1. The molecule has 2 aliphatic rings. The van der Waals surface area contributed by atoms with E-state index in [2.05, 4.69) is 5.32 Å². The first-order valence-corrected chi connectivity index (χ1v) is 6.68. The molecule has 0 radical (unpaired) electrons. The molecular formula is C15H15FN2O2. The molecule has 0 spiro atoms. The predicted molar refractivity (Wildman–Crippen MR) is 72.7 cm³/mol. The maximum atomic E-state index is 13.4. The van der Waals surface area contributed by atoms with Crippen LogP contribution in [0.25, 0.3) is 0 Å². The Bertz CT molecular complexity index is 598. The van der Waals surface area contributed by atoms with Crippen LogP contribution >= 0.6 is 0 Å². The van der Waals surface area contributed by atoms with Crippen molar-refractivity contribution in [2.75, 3.05) is 18.4 Å². The molecule has 3 rings (SSSR count). The highest BCUT2D eigenvalue weighted by atomic mass is 19.1. The fourth-order valence-corrected chi connectivity index (χ4v) is 2.71. The lowest BCUT2D eigenvalue weighted by Gasteiger charge is -2.31. The topological polar surface area (TPSA) is 49.4 Å². The minimum atomic E-state index is -0.582. The van der Waals surface area contributed by atoms with Crippen LogP contribution in [0.1, 0.15) is 24.3 Å². The summed E-state index contributed by atoms with van der Waals surface area (Å²) >= 11 is 0. The van der Waals surface area contributed by atoms with Gasteiger partial charge in [-0.15, -0.1) is 0 Å². The number of carbonyl (C=O) groups is 2. The molecule has 1 aromatic carbocycles. The average molecular weight is 274 g/mol. The van der Waals surface area contributed by atoms with E-state index in [0.717, 1.165) is 6.42 Å². The Morgan fingerprint density at radius 3 is 2.95 bits per heavy atom. The molecule has 5 heteroatoms. The maximum Gasteiger partial charge on any atom is 0.231 e. The first-order chi connectivity index (χ1) is 9.65. The normalized spacial score (nSPS) is 21.4. The van der Waals surface area contributed by atoms with Crippen LogP contribution in [0, 0.1) is 5.82 Å². The van der Waals surface area contributed by atoms with E-state index in [1.54, 1.807) is 4.90 Å². The zero-order chi connectivity index (χ0) is 14.1. The van der Waals surface area contributed by atoms with Crippen LogP contribution in [-0.2, 0) is 9.59 Å². The smallest absolute Gasteiger partial charge is 0.231 e. The molecule has 1 N–H and O–H groups in total. The third kappa shape index (κ3) is 2.31. The summed E-state index contributed by atoms with van der Waals surface area (Å²) in [6.07, 6.45) is 4.87. The second kappa shape index (κ2) is 5.07. The van der Waals surface area contributed by atoms with Crippen LogP contribution in [0.2, 0.25) is 0 Å². The van der Waals surface area contributed by atoms with Gasteiger partial charge < -0.3 is 10.2 Å². The first-order valence-electron chi connectivity index (χ1n) is 6.68. The highest BCUT2D eigenvalue weighted by Crippen LogP contribution is 2.34. The van der Waals surface area contributed by atoms with Gasteiger partial charge in [-0.05, 0) is 30.2 Å². The minimum Gasteiger partial charge on any atom is -0.338 e. The number of nitrogens with zero attached hydrogens (tertiary/aromatic N) is 1. The Hall–Kier alpha value is -2.17. The Kier molecular flexibility index (Phi) is 3.26. The Balaban J connectivity index is 1.93. The average Bonchev–Trinajstić information content (AvgIpc) is 2.47. The summed E-state index contributed by atoms with van der Waals surface area (Å²) in [5.41, 5.74) is 1.11. The molecule has 2 heterocycles. The fraction of sp³-hybridized carbons (Fsp3) is 0.333. The third-order valence-electron chi connectivity index (χ3n) is 3.72. The SMILES string of the molecule is O=C1C[C@H](C(=O)N2CC=CCC2)c2cc(F)ccc2N1. The molecule has 0 fully saturated rings. The van der Waals surface area contributed by atoms with E-state index < -0.39 is 11.7 Å². The van der Waals surface area contributed by atoms with Gasteiger partial charge >= 0.3 is 0 Å². The van der Waals surface area contributed by atoms with Gasteiger partial charge in [0.2, 0.25) is 11.8 Å².